The maximum atomic E-state index is 5.35. The predicted molar refractivity (Wildman–Crippen MR) is 97.2 cm³/mol. The molecule has 110 valence electrons. The van der Waals surface area contributed by atoms with Crippen molar-refractivity contribution in [3.05, 3.63) is 54.9 Å². The number of benzene rings is 2. The van der Waals surface area contributed by atoms with Crippen LogP contribution in [0.15, 0.2) is 43.7 Å². The van der Waals surface area contributed by atoms with E-state index in [2.05, 4.69) is 77.4 Å². The third kappa shape index (κ3) is 3.15. The van der Waals surface area contributed by atoms with E-state index < -0.39 is 0 Å². The van der Waals surface area contributed by atoms with Crippen molar-refractivity contribution in [2.24, 2.45) is 0 Å². The number of rotatable bonds is 3. The highest BCUT2D eigenvalue weighted by molar-refractivity contribution is 9.11. The Hall–Kier alpha value is -0.520. The van der Waals surface area contributed by atoms with Gasteiger partial charge in [0.25, 0.3) is 0 Å². The number of anilines is 1. The molecule has 1 unspecified atom stereocenters. The van der Waals surface area contributed by atoms with Crippen LogP contribution < -0.4 is 10.1 Å². The Kier molecular flexibility index (Phi) is 4.62. The van der Waals surface area contributed by atoms with Gasteiger partial charge in [-0.25, -0.2) is 0 Å². The lowest BCUT2D eigenvalue weighted by atomic mass is 10.1. The van der Waals surface area contributed by atoms with Crippen LogP contribution in [0.3, 0.4) is 0 Å². The molecule has 1 aliphatic carbocycles. The average molecular weight is 476 g/mol. The molecular formula is C16H14Br3NO. The zero-order valence-corrected chi connectivity index (χ0v) is 16.2. The molecule has 0 saturated carbocycles. The molecule has 0 saturated heterocycles. The van der Waals surface area contributed by atoms with E-state index in [4.69, 9.17) is 4.74 Å². The summed E-state index contributed by atoms with van der Waals surface area (Å²) in [4.78, 5) is 0. The van der Waals surface area contributed by atoms with Gasteiger partial charge < -0.3 is 10.1 Å². The molecule has 2 nitrogen and oxygen atoms in total. The number of hydrogen-bond donors (Lipinski definition) is 1. The highest BCUT2D eigenvalue weighted by Crippen LogP contribution is 2.41. The zero-order valence-electron chi connectivity index (χ0n) is 11.4. The van der Waals surface area contributed by atoms with E-state index in [9.17, 15) is 0 Å². The molecule has 2 aromatic carbocycles. The average Bonchev–Trinajstić information content (AvgIpc) is 2.84. The summed E-state index contributed by atoms with van der Waals surface area (Å²) >= 11 is 10.8. The van der Waals surface area contributed by atoms with Crippen LogP contribution in [0, 0.1) is 0 Å². The van der Waals surface area contributed by atoms with E-state index in [0.29, 0.717) is 6.04 Å². The van der Waals surface area contributed by atoms with Gasteiger partial charge in [-0.1, -0.05) is 22.0 Å². The summed E-state index contributed by atoms with van der Waals surface area (Å²) in [5, 5.41) is 3.64. The minimum atomic E-state index is 0.309. The van der Waals surface area contributed by atoms with Gasteiger partial charge in [0.15, 0.2) is 0 Å². The summed E-state index contributed by atoms with van der Waals surface area (Å²) in [6, 6.07) is 10.8. The molecule has 1 aliphatic rings. The number of nitrogens with one attached hydrogen (secondary N) is 1. The van der Waals surface area contributed by atoms with Crippen molar-refractivity contribution in [1.29, 1.82) is 0 Å². The SMILES string of the molecule is COc1ccc2c(c1)C(Nc1c(Br)cc(Br)cc1Br)CC2. The molecular weight excluding hydrogens is 462 g/mol. The fraction of sp³-hybridized carbons (Fsp3) is 0.250. The minimum absolute atomic E-state index is 0.309. The van der Waals surface area contributed by atoms with E-state index in [1.807, 2.05) is 6.07 Å². The van der Waals surface area contributed by atoms with Crippen molar-refractivity contribution in [2.75, 3.05) is 12.4 Å². The highest BCUT2D eigenvalue weighted by Gasteiger charge is 2.24. The molecule has 1 atom stereocenters. The summed E-state index contributed by atoms with van der Waals surface area (Å²) in [7, 11) is 1.71. The molecule has 3 rings (SSSR count). The molecule has 0 amide bonds. The van der Waals surface area contributed by atoms with Gasteiger partial charge in [0, 0.05) is 13.4 Å². The number of hydrogen-bond acceptors (Lipinski definition) is 2. The van der Waals surface area contributed by atoms with Gasteiger partial charge in [0.1, 0.15) is 5.75 Å². The van der Waals surface area contributed by atoms with E-state index >= 15 is 0 Å². The molecule has 0 aromatic heterocycles. The van der Waals surface area contributed by atoms with E-state index in [-0.39, 0.29) is 0 Å². The largest absolute Gasteiger partial charge is 0.497 e. The van der Waals surface area contributed by atoms with Crippen molar-refractivity contribution in [1.82, 2.24) is 0 Å². The number of halogens is 3. The van der Waals surface area contributed by atoms with Crippen LogP contribution in [0.25, 0.3) is 0 Å². The van der Waals surface area contributed by atoms with Crippen molar-refractivity contribution in [3.63, 3.8) is 0 Å². The maximum absolute atomic E-state index is 5.35. The Morgan fingerprint density at radius 1 is 1.10 bits per heavy atom. The summed E-state index contributed by atoms with van der Waals surface area (Å²) in [5.41, 5.74) is 3.81. The monoisotopic (exact) mass is 473 g/mol. The Morgan fingerprint density at radius 2 is 1.81 bits per heavy atom. The molecule has 0 bridgehead atoms. The van der Waals surface area contributed by atoms with Crippen LogP contribution in [0.1, 0.15) is 23.6 Å². The van der Waals surface area contributed by atoms with Crippen molar-refractivity contribution < 1.29 is 4.74 Å². The first kappa shape index (κ1) is 15.4. The first-order valence-electron chi connectivity index (χ1n) is 6.66. The third-order valence-electron chi connectivity index (χ3n) is 3.76. The Morgan fingerprint density at radius 3 is 2.48 bits per heavy atom. The standard InChI is InChI=1S/C16H14Br3NO/c1-21-11-4-2-9-3-5-15(12(9)8-11)20-16-13(18)6-10(17)7-14(16)19/h2,4,6-8,15,20H,3,5H2,1H3. The molecule has 0 heterocycles. The van der Waals surface area contributed by atoms with Gasteiger partial charge >= 0.3 is 0 Å². The lowest BCUT2D eigenvalue weighted by molar-refractivity contribution is 0.414. The van der Waals surface area contributed by atoms with Gasteiger partial charge in [-0.3, -0.25) is 0 Å². The van der Waals surface area contributed by atoms with Crippen LogP contribution in [0.5, 0.6) is 5.75 Å². The maximum Gasteiger partial charge on any atom is 0.119 e. The smallest absolute Gasteiger partial charge is 0.119 e. The third-order valence-corrected chi connectivity index (χ3v) is 5.46. The second-order valence-electron chi connectivity index (χ2n) is 5.04. The topological polar surface area (TPSA) is 21.3 Å². The number of ether oxygens (including phenoxy) is 1. The fourth-order valence-corrected chi connectivity index (χ4v) is 5.20. The molecule has 21 heavy (non-hydrogen) atoms. The van der Waals surface area contributed by atoms with Gasteiger partial charge in [-0.15, -0.1) is 0 Å². The number of aryl methyl sites for hydroxylation is 1. The Labute approximate surface area is 149 Å². The van der Waals surface area contributed by atoms with Crippen LogP contribution in [0.4, 0.5) is 5.69 Å². The summed E-state index contributed by atoms with van der Waals surface area (Å²) in [6.07, 6.45) is 2.19. The normalized spacial score (nSPS) is 16.7. The molecule has 0 aliphatic heterocycles. The summed E-state index contributed by atoms with van der Waals surface area (Å²) < 4.78 is 8.47. The highest BCUT2D eigenvalue weighted by atomic mass is 79.9. The van der Waals surface area contributed by atoms with Gasteiger partial charge in [-0.05, 0) is 80.1 Å². The molecule has 0 fully saturated rings. The van der Waals surface area contributed by atoms with E-state index in [1.165, 1.54) is 11.1 Å². The molecule has 0 spiro atoms. The Bertz CT molecular complexity index is 664. The molecule has 0 radical (unpaired) electrons. The molecule has 1 N–H and O–H groups in total. The van der Waals surface area contributed by atoms with E-state index in [1.54, 1.807) is 7.11 Å². The lowest BCUT2D eigenvalue weighted by Crippen LogP contribution is -2.08. The minimum Gasteiger partial charge on any atom is -0.497 e. The van der Waals surface area contributed by atoms with Gasteiger partial charge in [0.2, 0.25) is 0 Å². The molecule has 5 heteroatoms. The Balaban J connectivity index is 1.92. The summed E-state index contributed by atoms with van der Waals surface area (Å²) in [5.74, 6) is 0.913. The van der Waals surface area contributed by atoms with Crippen LogP contribution in [0.2, 0.25) is 0 Å². The quantitative estimate of drug-likeness (QED) is 0.580. The zero-order chi connectivity index (χ0) is 15.0. The number of methoxy groups -OCH3 is 1. The predicted octanol–water partition coefficient (Wildman–Crippen LogP) is 6.08. The molecule has 2 aromatic rings. The summed E-state index contributed by atoms with van der Waals surface area (Å²) in [6.45, 7) is 0. The van der Waals surface area contributed by atoms with E-state index in [0.717, 1.165) is 37.7 Å². The van der Waals surface area contributed by atoms with Crippen molar-refractivity contribution in [3.8, 4) is 5.75 Å². The number of fused-ring (bicyclic) bond motifs is 1. The van der Waals surface area contributed by atoms with Crippen LogP contribution in [-0.4, -0.2) is 7.11 Å². The van der Waals surface area contributed by atoms with Crippen molar-refractivity contribution in [2.45, 2.75) is 18.9 Å². The van der Waals surface area contributed by atoms with Crippen LogP contribution in [-0.2, 0) is 6.42 Å². The lowest BCUT2D eigenvalue weighted by Gasteiger charge is -2.19. The van der Waals surface area contributed by atoms with Crippen LogP contribution >= 0.6 is 47.8 Å². The first-order chi connectivity index (χ1) is 10.1. The van der Waals surface area contributed by atoms with Gasteiger partial charge in [0.05, 0.1) is 18.8 Å². The van der Waals surface area contributed by atoms with Crippen molar-refractivity contribution >= 4 is 53.5 Å². The van der Waals surface area contributed by atoms with Gasteiger partial charge in [-0.2, -0.15) is 0 Å². The second kappa shape index (κ2) is 6.31. The first-order valence-corrected chi connectivity index (χ1v) is 9.04. The fourth-order valence-electron chi connectivity index (χ4n) is 2.71. The second-order valence-corrected chi connectivity index (χ2v) is 7.67.